The lowest BCUT2D eigenvalue weighted by Gasteiger charge is -2.23. The van der Waals surface area contributed by atoms with Crippen LogP contribution >= 0.6 is 0 Å². The Bertz CT molecular complexity index is 888. The summed E-state index contributed by atoms with van der Waals surface area (Å²) in [7, 11) is 0. The van der Waals surface area contributed by atoms with E-state index in [1.54, 1.807) is 12.1 Å². The van der Waals surface area contributed by atoms with E-state index in [9.17, 15) is 19.3 Å². The van der Waals surface area contributed by atoms with Gasteiger partial charge in [0.05, 0.1) is 17.4 Å². The monoisotopic (exact) mass is 371 g/mol. The van der Waals surface area contributed by atoms with Crippen molar-refractivity contribution < 1.29 is 18.8 Å². The van der Waals surface area contributed by atoms with E-state index < -0.39 is 28.9 Å². The SMILES string of the molecule is Cc1cc(C)cc(N(CCC#N)C(=O)COc2cc(F)ccc2[N+](=O)[O-])c1. The molecule has 0 atom stereocenters. The summed E-state index contributed by atoms with van der Waals surface area (Å²) in [4.78, 5) is 24.3. The summed E-state index contributed by atoms with van der Waals surface area (Å²) in [6, 6.07) is 10.3. The van der Waals surface area contributed by atoms with Gasteiger partial charge in [-0.15, -0.1) is 0 Å². The van der Waals surface area contributed by atoms with Gasteiger partial charge in [0.2, 0.25) is 5.75 Å². The molecule has 0 N–H and O–H groups in total. The lowest BCUT2D eigenvalue weighted by Crippen LogP contribution is -2.36. The molecule has 0 heterocycles. The maximum Gasteiger partial charge on any atom is 0.311 e. The fourth-order valence-electron chi connectivity index (χ4n) is 2.64. The molecule has 8 heteroatoms. The summed E-state index contributed by atoms with van der Waals surface area (Å²) in [5, 5.41) is 19.9. The van der Waals surface area contributed by atoms with Crippen LogP contribution in [0.15, 0.2) is 36.4 Å². The molecule has 0 aliphatic heterocycles. The molecule has 0 saturated heterocycles. The highest BCUT2D eigenvalue weighted by atomic mass is 19.1. The van der Waals surface area contributed by atoms with Gasteiger partial charge in [0.15, 0.2) is 6.61 Å². The number of amides is 1. The van der Waals surface area contributed by atoms with Gasteiger partial charge in [-0.2, -0.15) is 5.26 Å². The number of ether oxygens (including phenoxy) is 1. The van der Waals surface area contributed by atoms with Crippen molar-refractivity contribution in [2.75, 3.05) is 18.1 Å². The Morgan fingerprint density at radius 1 is 1.26 bits per heavy atom. The number of benzene rings is 2. The van der Waals surface area contributed by atoms with E-state index in [0.29, 0.717) is 5.69 Å². The molecule has 0 bridgehead atoms. The van der Waals surface area contributed by atoms with Crippen molar-refractivity contribution in [1.82, 2.24) is 0 Å². The van der Waals surface area contributed by atoms with E-state index in [4.69, 9.17) is 10.00 Å². The maximum absolute atomic E-state index is 13.4. The van der Waals surface area contributed by atoms with E-state index in [2.05, 4.69) is 0 Å². The molecule has 0 aliphatic rings. The number of nitro benzene ring substituents is 1. The van der Waals surface area contributed by atoms with Gasteiger partial charge in [0, 0.05) is 24.4 Å². The molecule has 0 aromatic heterocycles. The smallest absolute Gasteiger partial charge is 0.311 e. The van der Waals surface area contributed by atoms with Gasteiger partial charge in [0.1, 0.15) is 5.82 Å². The van der Waals surface area contributed by atoms with Crippen molar-refractivity contribution in [3.05, 3.63) is 63.5 Å². The molecule has 2 aromatic carbocycles. The number of nitriles is 1. The minimum absolute atomic E-state index is 0.110. The highest BCUT2D eigenvalue weighted by Crippen LogP contribution is 2.28. The third-order valence-corrected chi connectivity index (χ3v) is 3.74. The summed E-state index contributed by atoms with van der Waals surface area (Å²) in [6.07, 6.45) is 0.110. The second-order valence-corrected chi connectivity index (χ2v) is 5.96. The largest absolute Gasteiger partial charge is 0.477 e. The molecule has 2 rings (SSSR count). The summed E-state index contributed by atoms with van der Waals surface area (Å²) >= 11 is 0. The fourth-order valence-corrected chi connectivity index (χ4v) is 2.64. The van der Waals surface area contributed by atoms with Gasteiger partial charge in [-0.1, -0.05) is 6.07 Å². The Balaban J connectivity index is 2.23. The van der Waals surface area contributed by atoms with Crippen molar-refractivity contribution in [2.24, 2.45) is 0 Å². The van der Waals surface area contributed by atoms with Crippen LogP contribution in [0.1, 0.15) is 17.5 Å². The van der Waals surface area contributed by atoms with Crippen LogP contribution in [0.5, 0.6) is 5.75 Å². The van der Waals surface area contributed by atoms with Gasteiger partial charge in [0.25, 0.3) is 5.91 Å². The number of carbonyl (C=O) groups is 1. The zero-order chi connectivity index (χ0) is 20.0. The number of nitro groups is 1. The standard InChI is InChI=1S/C19H18FN3O4/c1-13-8-14(2)10-16(9-13)22(7-3-6-21)19(24)12-27-18-11-15(20)4-5-17(18)23(25)26/h4-5,8-11H,3,7,12H2,1-2H3. The molecule has 1 amide bonds. The zero-order valence-corrected chi connectivity index (χ0v) is 14.9. The number of rotatable bonds is 7. The molecule has 2 aromatic rings. The van der Waals surface area contributed by atoms with E-state index in [1.807, 2.05) is 26.0 Å². The minimum atomic E-state index is -0.712. The van der Waals surface area contributed by atoms with E-state index in [1.165, 1.54) is 4.90 Å². The number of hydrogen-bond acceptors (Lipinski definition) is 5. The average Bonchev–Trinajstić information content (AvgIpc) is 2.59. The Kier molecular flexibility index (Phi) is 6.44. The van der Waals surface area contributed by atoms with Crippen LogP contribution in [0.3, 0.4) is 0 Å². The first-order valence-corrected chi connectivity index (χ1v) is 8.14. The predicted molar refractivity (Wildman–Crippen MR) is 97.0 cm³/mol. The second kappa shape index (κ2) is 8.76. The van der Waals surface area contributed by atoms with Gasteiger partial charge in [-0.25, -0.2) is 4.39 Å². The average molecular weight is 371 g/mol. The fraction of sp³-hybridized carbons (Fsp3) is 0.263. The lowest BCUT2D eigenvalue weighted by molar-refractivity contribution is -0.385. The van der Waals surface area contributed by atoms with Crippen molar-refractivity contribution in [3.63, 3.8) is 0 Å². The van der Waals surface area contributed by atoms with Gasteiger partial charge >= 0.3 is 5.69 Å². The van der Waals surface area contributed by atoms with Gasteiger partial charge in [-0.05, 0) is 43.2 Å². The number of nitrogens with zero attached hydrogens (tertiary/aromatic N) is 3. The van der Waals surface area contributed by atoms with Crippen molar-refractivity contribution in [2.45, 2.75) is 20.3 Å². The number of halogens is 1. The second-order valence-electron chi connectivity index (χ2n) is 5.96. The molecular formula is C19H18FN3O4. The van der Waals surface area contributed by atoms with E-state index in [0.717, 1.165) is 29.3 Å². The third kappa shape index (κ3) is 5.25. The molecule has 27 heavy (non-hydrogen) atoms. The maximum atomic E-state index is 13.4. The summed E-state index contributed by atoms with van der Waals surface area (Å²) in [6.45, 7) is 3.39. The Labute approximate surface area is 155 Å². The van der Waals surface area contributed by atoms with Crippen LogP contribution in [0.25, 0.3) is 0 Å². The van der Waals surface area contributed by atoms with Crippen molar-refractivity contribution in [1.29, 1.82) is 5.26 Å². The van der Waals surface area contributed by atoms with E-state index >= 15 is 0 Å². The van der Waals surface area contributed by atoms with Crippen LogP contribution in [0, 0.1) is 41.1 Å². The Morgan fingerprint density at radius 2 is 1.93 bits per heavy atom. The summed E-state index contributed by atoms with van der Waals surface area (Å²) in [5.74, 6) is -1.53. The topological polar surface area (TPSA) is 96.5 Å². The summed E-state index contributed by atoms with van der Waals surface area (Å²) in [5.41, 5.74) is 2.06. The third-order valence-electron chi connectivity index (χ3n) is 3.74. The molecular weight excluding hydrogens is 353 g/mol. The normalized spacial score (nSPS) is 10.1. The van der Waals surface area contributed by atoms with Gasteiger partial charge < -0.3 is 9.64 Å². The van der Waals surface area contributed by atoms with Crippen LogP contribution in [-0.4, -0.2) is 24.0 Å². The lowest BCUT2D eigenvalue weighted by atomic mass is 10.1. The Morgan fingerprint density at radius 3 is 2.52 bits per heavy atom. The number of hydrogen-bond donors (Lipinski definition) is 0. The van der Waals surface area contributed by atoms with Crippen LogP contribution in [0.2, 0.25) is 0 Å². The molecule has 0 radical (unpaired) electrons. The van der Waals surface area contributed by atoms with Crippen LogP contribution < -0.4 is 9.64 Å². The number of aryl methyl sites for hydroxylation is 2. The first kappa shape index (κ1) is 19.8. The van der Waals surface area contributed by atoms with Gasteiger partial charge in [-0.3, -0.25) is 14.9 Å². The minimum Gasteiger partial charge on any atom is -0.477 e. The predicted octanol–water partition coefficient (Wildman–Crippen LogP) is 3.68. The highest BCUT2D eigenvalue weighted by molar-refractivity contribution is 5.94. The molecule has 0 saturated carbocycles. The zero-order valence-electron chi connectivity index (χ0n) is 14.9. The first-order valence-electron chi connectivity index (χ1n) is 8.14. The van der Waals surface area contributed by atoms with Crippen molar-refractivity contribution >= 4 is 17.3 Å². The molecule has 0 fully saturated rings. The molecule has 0 unspecified atom stereocenters. The Hall–Kier alpha value is -3.47. The summed E-state index contributed by atoms with van der Waals surface area (Å²) < 4.78 is 18.6. The molecule has 0 aliphatic carbocycles. The van der Waals surface area contributed by atoms with Crippen LogP contribution in [0.4, 0.5) is 15.8 Å². The molecule has 0 spiro atoms. The highest BCUT2D eigenvalue weighted by Gasteiger charge is 2.20. The molecule has 140 valence electrons. The molecule has 7 nitrogen and oxygen atoms in total. The quantitative estimate of drug-likeness (QED) is 0.546. The first-order chi connectivity index (χ1) is 12.8. The van der Waals surface area contributed by atoms with E-state index in [-0.39, 0.29) is 18.7 Å². The number of anilines is 1. The van der Waals surface area contributed by atoms with Crippen molar-refractivity contribution in [3.8, 4) is 11.8 Å². The van der Waals surface area contributed by atoms with Crippen LogP contribution in [-0.2, 0) is 4.79 Å². The number of carbonyl (C=O) groups excluding carboxylic acids is 1.